The topological polar surface area (TPSA) is 50.1 Å². The Bertz CT molecular complexity index is 905. The third-order valence-corrected chi connectivity index (χ3v) is 5.13. The van der Waals surface area contributed by atoms with Crippen molar-refractivity contribution in [2.24, 2.45) is 7.05 Å². The minimum absolute atomic E-state index is 0.00646. The van der Waals surface area contributed by atoms with Gasteiger partial charge in [0, 0.05) is 18.5 Å². The van der Waals surface area contributed by atoms with Crippen molar-refractivity contribution in [3.05, 3.63) is 64.4 Å². The van der Waals surface area contributed by atoms with Gasteiger partial charge in [-0.1, -0.05) is 35.9 Å². The molecule has 3 unspecified atom stereocenters. The smallest absolute Gasteiger partial charge is 0.126 e. The number of nitrogens with zero attached hydrogens (tertiary/aromatic N) is 2. The van der Waals surface area contributed by atoms with Gasteiger partial charge in [0.25, 0.3) is 0 Å². The Morgan fingerprint density at radius 3 is 2.92 bits per heavy atom. The number of benzene rings is 2. The number of hydrogen-bond donors (Lipinski definition) is 2. The predicted molar refractivity (Wildman–Crippen MR) is 96.2 cm³/mol. The largest absolute Gasteiger partial charge is 0.391 e. The summed E-state index contributed by atoms with van der Waals surface area (Å²) < 4.78 is 2.06. The fraction of sp³-hybridized carbons (Fsp3) is 0.316. The maximum absolute atomic E-state index is 10.4. The lowest BCUT2D eigenvalue weighted by Gasteiger charge is -2.23. The van der Waals surface area contributed by atoms with E-state index < -0.39 is 6.10 Å². The maximum Gasteiger partial charge on any atom is 0.126 e. The van der Waals surface area contributed by atoms with Gasteiger partial charge in [0.1, 0.15) is 5.82 Å². The highest BCUT2D eigenvalue weighted by atomic mass is 35.5. The average molecular weight is 342 g/mol. The second-order valence-electron chi connectivity index (χ2n) is 6.50. The lowest BCUT2D eigenvalue weighted by Crippen LogP contribution is -2.32. The van der Waals surface area contributed by atoms with Crippen LogP contribution in [0.1, 0.15) is 36.0 Å². The molecule has 0 saturated heterocycles. The number of aryl methyl sites for hydroxylation is 1. The second kappa shape index (κ2) is 5.88. The first-order valence-corrected chi connectivity index (χ1v) is 8.56. The molecule has 0 spiro atoms. The van der Waals surface area contributed by atoms with Crippen molar-refractivity contribution in [2.75, 3.05) is 0 Å². The Balaban J connectivity index is 1.65. The first kappa shape index (κ1) is 15.6. The van der Waals surface area contributed by atoms with E-state index in [0.29, 0.717) is 11.4 Å². The number of aliphatic hydroxyl groups excluding tert-OH is 1. The molecule has 4 nitrogen and oxygen atoms in total. The van der Waals surface area contributed by atoms with Crippen molar-refractivity contribution >= 4 is 22.6 Å². The molecule has 3 aromatic rings. The standard InChI is InChI=1S/C19H20ClN3O/c1-11(19-22-15-8-7-13(20)10-16(15)23(19)2)21-18-14-6-4-3-5-12(14)9-17(18)24/h3-8,10-11,17-18,21,24H,9H2,1-2H3. The molecular weight excluding hydrogens is 322 g/mol. The van der Waals surface area contributed by atoms with Crippen LogP contribution in [0.3, 0.4) is 0 Å². The molecule has 24 heavy (non-hydrogen) atoms. The van der Waals surface area contributed by atoms with Crippen LogP contribution in [0, 0.1) is 0 Å². The number of rotatable bonds is 3. The van der Waals surface area contributed by atoms with Crippen molar-refractivity contribution in [1.82, 2.24) is 14.9 Å². The molecule has 2 aromatic carbocycles. The van der Waals surface area contributed by atoms with E-state index in [2.05, 4.69) is 28.9 Å². The van der Waals surface area contributed by atoms with Crippen LogP contribution in [0.15, 0.2) is 42.5 Å². The van der Waals surface area contributed by atoms with Gasteiger partial charge < -0.3 is 9.67 Å². The quantitative estimate of drug-likeness (QED) is 0.766. The van der Waals surface area contributed by atoms with E-state index in [9.17, 15) is 5.11 Å². The van der Waals surface area contributed by atoms with Gasteiger partial charge in [-0.15, -0.1) is 0 Å². The van der Waals surface area contributed by atoms with Crippen LogP contribution < -0.4 is 5.32 Å². The molecule has 124 valence electrons. The van der Waals surface area contributed by atoms with Crippen molar-refractivity contribution in [2.45, 2.75) is 31.5 Å². The molecule has 1 aliphatic carbocycles. The van der Waals surface area contributed by atoms with Crippen molar-refractivity contribution < 1.29 is 5.11 Å². The summed E-state index contributed by atoms with van der Waals surface area (Å²) >= 11 is 6.10. The Morgan fingerprint density at radius 1 is 1.29 bits per heavy atom. The highest BCUT2D eigenvalue weighted by Crippen LogP contribution is 2.33. The van der Waals surface area contributed by atoms with Gasteiger partial charge in [-0.25, -0.2) is 4.98 Å². The SMILES string of the molecule is CC(NC1c2ccccc2CC1O)c1nc2ccc(Cl)cc2n1C. The number of fused-ring (bicyclic) bond motifs is 2. The number of hydrogen-bond acceptors (Lipinski definition) is 3. The second-order valence-corrected chi connectivity index (χ2v) is 6.93. The monoisotopic (exact) mass is 341 g/mol. The molecule has 2 N–H and O–H groups in total. The normalized spacial score (nSPS) is 21.2. The summed E-state index contributed by atoms with van der Waals surface area (Å²) in [4.78, 5) is 4.74. The van der Waals surface area contributed by atoms with Crippen LogP contribution >= 0.6 is 11.6 Å². The minimum Gasteiger partial charge on any atom is -0.391 e. The summed E-state index contributed by atoms with van der Waals surface area (Å²) in [5, 5.41) is 14.7. The van der Waals surface area contributed by atoms with E-state index in [0.717, 1.165) is 16.9 Å². The van der Waals surface area contributed by atoms with E-state index in [-0.39, 0.29) is 12.1 Å². The van der Waals surface area contributed by atoms with Crippen LogP contribution in [0.25, 0.3) is 11.0 Å². The zero-order valence-corrected chi connectivity index (χ0v) is 14.5. The van der Waals surface area contributed by atoms with Crippen LogP contribution in [0.4, 0.5) is 0 Å². The zero-order chi connectivity index (χ0) is 16.8. The summed E-state index contributed by atoms with van der Waals surface area (Å²) in [6.45, 7) is 2.08. The van der Waals surface area contributed by atoms with Crippen LogP contribution in [-0.4, -0.2) is 20.8 Å². The van der Waals surface area contributed by atoms with E-state index in [1.165, 1.54) is 11.1 Å². The Hall–Kier alpha value is -1.88. The summed E-state index contributed by atoms with van der Waals surface area (Å²) in [5.41, 5.74) is 4.33. The Labute approximate surface area is 146 Å². The third-order valence-electron chi connectivity index (χ3n) is 4.90. The lowest BCUT2D eigenvalue weighted by atomic mass is 10.1. The highest BCUT2D eigenvalue weighted by Gasteiger charge is 2.32. The Kier molecular flexibility index (Phi) is 3.83. The van der Waals surface area contributed by atoms with Crippen molar-refractivity contribution in [3.63, 3.8) is 0 Å². The van der Waals surface area contributed by atoms with E-state index >= 15 is 0 Å². The first-order chi connectivity index (χ1) is 11.5. The van der Waals surface area contributed by atoms with Crippen molar-refractivity contribution in [3.8, 4) is 0 Å². The molecule has 4 rings (SSSR count). The molecule has 5 heteroatoms. The van der Waals surface area contributed by atoms with E-state index in [4.69, 9.17) is 16.6 Å². The minimum atomic E-state index is -0.408. The summed E-state index contributed by atoms with van der Waals surface area (Å²) in [5.74, 6) is 0.934. The van der Waals surface area contributed by atoms with Crippen LogP contribution in [0.2, 0.25) is 5.02 Å². The lowest BCUT2D eigenvalue weighted by molar-refractivity contribution is 0.135. The van der Waals surface area contributed by atoms with Gasteiger partial charge in [-0.2, -0.15) is 0 Å². The van der Waals surface area contributed by atoms with Gasteiger partial charge >= 0.3 is 0 Å². The van der Waals surface area contributed by atoms with Gasteiger partial charge in [-0.05, 0) is 36.2 Å². The fourth-order valence-corrected chi connectivity index (χ4v) is 3.85. The fourth-order valence-electron chi connectivity index (χ4n) is 3.69. The number of aromatic nitrogens is 2. The predicted octanol–water partition coefficient (Wildman–Crippen LogP) is 3.54. The summed E-state index contributed by atoms with van der Waals surface area (Å²) in [6.07, 6.45) is 0.285. The van der Waals surface area contributed by atoms with Gasteiger partial charge in [0.2, 0.25) is 0 Å². The molecular formula is C19H20ClN3O. The summed E-state index contributed by atoms with van der Waals surface area (Å²) in [7, 11) is 2.00. The van der Waals surface area contributed by atoms with E-state index in [1.807, 2.05) is 37.4 Å². The van der Waals surface area contributed by atoms with Gasteiger partial charge in [0.15, 0.2) is 0 Å². The molecule has 1 aromatic heterocycles. The molecule has 0 radical (unpaired) electrons. The zero-order valence-electron chi connectivity index (χ0n) is 13.7. The number of nitrogens with one attached hydrogen (secondary N) is 1. The number of imidazole rings is 1. The molecule has 0 fully saturated rings. The molecule has 0 aliphatic heterocycles. The third kappa shape index (κ3) is 2.51. The molecule has 1 heterocycles. The van der Waals surface area contributed by atoms with E-state index in [1.54, 1.807) is 0 Å². The number of aliphatic hydroxyl groups is 1. The van der Waals surface area contributed by atoms with Crippen molar-refractivity contribution in [1.29, 1.82) is 0 Å². The maximum atomic E-state index is 10.4. The Morgan fingerprint density at radius 2 is 2.08 bits per heavy atom. The van der Waals surface area contributed by atoms with Gasteiger partial charge in [0.05, 0.1) is 29.2 Å². The average Bonchev–Trinajstić information content (AvgIpc) is 3.06. The van der Waals surface area contributed by atoms with Gasteiger partial charge in [-0.3, -0.25) is 5.32 Å². The van der Waals surface area contributed by atoms with Crippen LogP contribution in [0.5, 0.6) is 0 Å². The molecule has 0 bridgehead atoms. The molecule has 0 amide bonds. The summed E-state index contributed by atoms with van der Waals surface area (Å²) in [6, 6.07) is 13.9. The molecule has 1 aliphatic rings. The molecule has 0 saturated carbocycles. The number of halogens is 1. The first-order valence-electron chi connectivity index (χ1n) is 8.18. The molecule has 3 atom stereocenters. The highest BCUT2D eigenvalue weighted by molar-refractivity contribution is 6.31. The van der Waals surface area contributed by atoms with Crippen LogP contribution in [-0.2, 0) is 13.5 Å².